The topological polar surface area (TPSA) is 85.6 Å². The maximum absolute atomic E-state index is 12.2. The van der Waals surface area contributed by atoms with Crippen LogP contribution in [0.2, 0.25) is 0 Å². The second kappa shape index (κ2) is 8.18. The van der Waals surface area contributed by atoms with Crippen LogP contribution in [0.25, 0.3) is 0 Å². The number of carbonyl (C=O) groups excluding carboxylic acids is 2. The molecule has 0 aromatic carbocycles. The van der Waals surface area contributed by atoms with Crippen molar-refractivity contribution in [2.75, 3.05) is 19.6 Å². The third-order valence-electron chi connectivity index (χ3n) is 4.07. The number of likely N-dealkylation sites (tertiary alicyclic amines) is 1. The minimum absolute atomic E-state index is 0.194. The Hall–Kier alpha value is -2.31. The van der Waals surface area contributed by atoms with Crippen molar-refractivity contribution < 1.29 is 19.1 Å². The first-order valence-corrected chi connectivity index (χ1v) is 8.69. The van der Waals surface area contributed by atoms with Gasteiger partial charge in [-0.2, -0.15) is 4.73 Å². The van der Waals surface area contributed by atoms with E-state index in [1.165, 1.54) is 24.5 Å². The maximum atomic E-state index is 12.2. The second-order valence-electron chi connectivity index (χ2n) is 7.43. The number of rotatable bonds is 4. The summed E-state index contributed by atoms with van der Waals surface area (Å²) >= 11 is 0. The van der Waals surface area contributed by atoms with E-state index in [1.54, 1.807) is 4.90 Å². The number of hydrogen-bond donors (Lipinski definition) is 1. The van der Waals surface area contributed by atoms with Crippen LogP contribution in [0.4, 0.5) is 4.79 Å². The molecule has 2 heterocycles. The molecule has 0 aliphatic carbocycles. The van der Waals surface area contributed by atoms with Crippen molar-refractivity contribution in [2.24, 2.45) is 5.92 Å². The van der Waals surface area contributed by atoms with Gasteiger partial charge in [-0.3, -0.25) is 4.79 Å². The molecule has 7 heteroatoms. The predicted octanol–water partition coefficient (Wildman–Crippen LogP) is 2.09. The number of pyridine rings is 1. The van der Waals surface area contributed by atoms with E-state index in [9.17, 15) is 14.8 Å². The zero-order valence-electron chi connectivity index (χ0n) is 15.2. The van der Waals surface area contributed by atoms with Crippen LogP contribution in [0.5, 0.6) is 0 Å². The quantitative estimate of drug-likeness (QED) is 0.666. The average Bonchev–Trinajstić information content (AvgIpc) is 2.54. The van der Waals surface area contributed by atoms with Crippen LogP contribution in [0.15, 0.2) is 24.5 Å². The molecule has 0 spiro atoms. The molecule has 1 aromatic heterocycles. The maximum Gasteiger partial charge on any atom is 0.410 e. The molecule has 1 saturated heterocycles. The lowest BCUT2D eigenvalue weighted by Gasteiger charge is -2.34. The first-order valence-electron chi connectivity index (χ1n) is 8.69. The summed E-state index contributed by atoms with van der Waals surface area (Å²) in [5.74, 6) is 0.154. The van der Waals surface area contributed by atoms with Crippen LogP contribution in [0, 0.1) is 11.1 Å². The van der Waals surface area contributed by atoms with Gasteiger partial charge in [0.2, 0.25) is 0 Å². The molecule has 1 aliphatic heterocycles. The van der Waals surface area contributed by atoms with Gasteiger partial charge in [0.1, 0.15) is 5.60 Å². The number of amides is 2. The molecule has 1 aliphatic rings. The van der Waals surface area contributed by atoms with Crippen molar-refractivity contribution >= 4 is 12.0 Å². The number of ether oxygens (including phenoxy) is 1. The summed E-state index contributed by atoms with van der Waals surface area (Å²) < 4.78 is 6.07. The SMILES string of the molecule is CC(C)(C)OC(=O)N1CCCC(CCNC(=O)c2cc[n+]([O-])cc2)C1. The number of carbonyl (C=O) groups is 2. The zero-order chi connectivity index (χ0) is 18.4. The lowest BCUT2D eigenvalue weighted by molar-refractivity contribution is -0.605. The molecule has 0 bridgehead atoms. The Morgan fingerprint density at radius 2 is 2.04 bits per heavy atom. The van der Waals surface area contributed by atoms with Crippen molar-refractivity contribution in [1.82, 2.24) is 10.2 Å². The Kier molecular flexibility index (Phi) is 6.22. The highest BCUT2D eigenvalue weighted by Gasteiger charge is 2.27. The van der Waals surface area contributed by atoms with E-state index in [0.717, 1.165) is 25.8 Å². The molecule has 2 amide bonds. The van der Waals surface area contributed by atoms with Gasteiger partial charge in [0, 0.05) is 31.8 Å². The van der Waals surface area contributed by atoms with Crippen LogP contribution in [0.1, 0.15) is 50.4 Å². The van der Waals surface area contributed by atoms with Gasteiger partial charge in [-0.05, 0) is 46.0 Å². The summed E-state index contributed by atoms with van der Waals surface area (Å²) in [6.45, 7) is 7.50. The predicted molar refractivity (Wildman–Crippen MR) is 92.9 cm³/mol. The van der Waals surface area contributed by atoms with Crippen LogP contribution in [-0.4, -0.2) is 42.1 Å². The van der Waals surface area contributed by atoms with Gasteiger partial charge in [0.05, 0.1) is 5.56 Å². The third kappa shape index (κ3) is 6.25. The monoisotopic (exact) mass is 349 g/mol. The Bertz CT molecular complexity index is 595. The van der Waals surface area contributed by atoms with Crippen LogP contribution in [-0.2, 0) is 4.74 Å². The van der Waals surface area contributed by atoms with Crippen molar-refractivity contribution in [2.45, 2.75) is 45.6 Å². The molecule has 0 saturated carbocycles. The van der Waals surface area contributed by atoms with Crippen LogP contribution >= 0.6 is 0 Å². The summed E-state index contributed by atoms with van der Waals surface area (Å²) in [4.78, 5) is 25.9. The first kappa shape index (κ1) is 19.0. The fourth-order valence-electron chi connectivity index (χ4n) is 2.85. The number of aromatic nitrogens is 1. The smallest absolute Gasteiger partial charge is 0.410 e. The van der Waals surface area contributed by atoms with Crippen LogP contribution in [0.3, 0.4) is 0 Å². The fraction of sp³-hybridized carbons (Fsp3) is 0.611. The van der Waals surface area contributed by atoms with Crippen molar-refractivity contribution in [1.29, 1.82) is 0 Å². The molecule has 1 aromatic rings. The lowest BCUT2D eigenvalue weighted by Crippen LogP contribution is -2.43. The normalized spacial score (nSPS) is 17.9. The van der Waals surface area contributed by atoms with E-state index >= 15 is 0 Å². The van der Waals surface area contributed by atoms with Gasteiger partial charge >= 0.3 is 6.09 Å². The number of piperidine rings is 1. The van der Waals surface area contributed by atoms with Gasteiger partial charge in [-0.25, -0.2) is 4.79 Å². The van der Waals surface area contributed by atoms with Gasteiger partial charge in [0.15, 0.2) is 12.4 Å². The molecule has 25 heavy (non-hydrogen) atoms. The first-order chi connectivity index (χ1) is 11.7. The summed E-state index contributed by atoms with van der Waals surface area (Å²) in [5, 5.41) is 13.8. The zero-order valence-corrected chi connectivity index (χ0v) is 15.2. The Labute approximate surface area is 148 Å². The van der Waals surface area contributed by atoms with Gasteiger partial charge in [-0.1, -0.05) is 0 Å². The van der Waals surface area contributed by atoms with Gasteiger partial charge < -0.3 is 20.2 Å². The van der Waals surface area contributed by atoms with E-state index < -0.39 is 5.60 Å². The molecule has 1 atom stereocenters. The van der Waals surface area contributed by atoms with Gasteiger partial charge in [0.25, 0.3) is 5.91 Å². The van der Waals surface area contributed by atoms with Crippen LogP contribution < -0.4 is 10.0 Å². The van der Waals surface area contributed by atoms with E-state index in [2.05, 4.69) is 5.32 Å². The van der Waals surface area contributed by atoms with Gasteiger partial charge in [-0.15, -0.1) is 0 Å². The van der Waals surface area contributed by atoms with E-state index in [0.29, 0.717) is 29.3 Å². The lowest BCUT2D eigenvalue weighted by atomic mass is 9.95. The number of nitrogens with one attached hydrogen (secondary N) is 1. The minimum atomic E-state index is -0.490. The van der Waals surface area contributed by atoms with E-state index in [1.807, 2.05) is 20.8 Å². The third-order valence-corrected chi connectivity index (χ3v) is 4.07. The summed E-state index contributed by atoms with van der Waals surface area (Å²) in [6, 6.07) is 2.99. The molecule has 1 N–H and O–H groups in total. The largest absolute Gasteiger partial charge is 0.619 e. The average molecular weight is 349 g/mol. The number of hydrogen-bond acceptors (Lipinski definition) is 4. The summed E-state index contributed by atoms with van der Waals surface area (Å²) in [6.07, 6.45) is 5.12. The Morgan fingerprint density at radius 1 is 1.36 bits per heavy atom. The highest BCUT2D eigenvalue weighted by Crippen LogP contribution is 2.21. The molecule has 0 radical (unpaired) electrons. The second-order valence-corrected chi connectivity index (χ2v) is 7.43. The molecule has 1 fully saturated rings. The molecule has 1 unspecified atom stereocenters. The Morgan fingerprint density at radius 3 is 2.68 bits per heavy atom. The highest BCUT2D eigenvalue weighted by atomic mass is 16.6. The highest BCUT2D eigenvalue weighted by molar-refractivity contribution is 5.93. The summed E-state index contributed by atoms with van der Waals surface area (Å²) in [5.41, 5.74) is -0.0261. The molecule has 2 rings (SSSR count). The fourth-order valence-corrected chi connectivity index (χ4v) is 2.85. The Balaban J connectivity index is 1.76. The van der Waals surface area contributed by atoms with E-state index in [4.69, 9.17) is 4.74 Å². The molecule has 7 nitrogen and oxygen atoms in total. The molecule has 138 valence electrons. The standard InChI is InChI=1S/C18H27N3O4/c1-18(2,3)25-17(23)20-10-4-5-14(13-20)6-9-19-16(22)15-7-11-21(24)12-8-15/h7-8,11-12,14H,4-6,9-10,13H2,1-3H3,(H,19,22). The number of nitrogens with zero attached hydrogens (tertiary/aromatic N) is 2. The minimum Gasteiger partial charge on any atom is -0.619 e. The van der Waals surface area contributed by atoms with Crippen molar-refractivity contribution in [3.8, 4) is 0 Å². The van der Waals surface area contributed by atoms with E-state index in [-0.39, 0.29) is 12.0 Å². The molecular formula is C18H27N3O4. The summed E-state index contributed by atoms with van der Waals surface area (Å²) in [7, 11) is 0. The molecular weight excluding hydrogens is 322 g/mol. The van der Waals surface area contributed by atoms with Crippen molar-refractivity contribution in [3.05, 3.63) is 35.3 Å². The van der Waals surface area contributed by atoms with Crippen molar-refractivity contribution in [3.63, 3.8) is 0 Å².